The average Bonchev–Trinajstić information content (AvgIpc) is 2.41. The minimum atomic E-state index is -0.0162. The van der Waals surface area contributed by atoms with Gasteiger partial charge in [0, 0.05) is 24.0 Å². The first-order valence-electron chi connectivity index (χ1n) is 5.02. The summed E-state index contributed by atoms with van der Waals surface area (Å²) in [5.74, 6) is 0.105. The second-order valence-electron chi connectivity index (χ2n) is 4.05. The van der Waals surface area contributed by atoms with E-state index < -0.39 is 0 Å². The summed E-state index contributed by atoms with van der Waals surface area (Å²) in [5.41, 5.74) is 14.0. The highest BCUT2D eigenvalue weighted by molar-refractivity contribution is 6.01. The lowest BCUT2D eigenvalue weighted by molar-refractivity contribution is -0.117. The number of nitrogens with two attached hydrogens (primary N) is 2. The van der Waals surface area contributed by atoms with Crippen molar-refractivity contribution in [2.45, 2.75) is 19.4 Å². The number of rotatable bonds is 2. The summed E-state index contributed by atoms with van der Waals surface area (Å²) < 4.78 is 0. The van der Waals surface area contributed by atoms with Gasteiger partial charge in [-0.3, -0.25) is 4.79 Å². The molecule has 1 aromatic carbocycles. The van der Waals surface area contributed by atoms with Gasteiger partial charge in [0.1, 0.15) is 0 Å². The van der Waals surface area contributed by atoms with E-state index in [0.29, 0.717) is 18.7 Å². The SMILES string of the molecule is CC(N)CN1C(=O)Cc2cc(N)ccc21. The summed E-state index contributed by atoms with van der Waals surface area (Å²) in [6.07, 6.45) is 0.438. The van der Waals surface area contributed by atoms with Gasteiger partial charge in [-0.1, -0.05) is 0 Å². The zero-order valence-corrected chi connectivity index (χ0v) is 8.73. The molecule has 0 saturated carbocycles. The summed E-state index contributed by atoms with van der Waals surface area (Å²) in [6.45, 7) is 2.46. The number of hydrogen-bond acceptors (Lipinski definition) is 3. The molecular weight excluding hydrogens is 190 g/mol. The van der Waals surface area contributed by atoms with Crippen LogP contribution in [0.4, 0.5) is 11.4 Å². The Hall–Kier alpha value is -1.55. The van der Waals surface area contributed by atoms with Crippen LogP contribution in [0, 0.1) is 0 Å². The van der Waals surface area contributed by atoms with Gasteiger partial charge in [0.2, 0.25) is 5.91 Å². The topological polar surface area (TPSA) is 72.3 Å². The number of amides is 1. The van der Waals surface area contributed by atoms with E-state index in [1.54, 1.807) is 4.90 Å². The highest BCUT2D eigenvalue weighted by Crippen LogP contribution is 2.30. The summed E-state index contributed by atoms with van der Waals surface area (Å²) in [4.78, 5) is 13.4. The highest BCUT2D eigenvalue weighted by atomic mass is 16.2. The fourth-order valence-electron chi connectivity index (χ4n) is 1.89. The molecule has 15 heavy (non-hydrogen) atoms. The molecule has 1 aliphatic heterocycles. The first kappa shape index (κ1) is 9.98. The Morgan fingerprint density at radius 1 is 1.53 bits per heavy atom. The fourth-order valence-corrected chi connectivity index (χ4v) is 1.89. The standard InChI is InChI=1S/C11H15N3O/c1-7(12)6-14-10-3-2-9(13)4-8(10)5-11(14)15/h2-4,7H,5-6,12-13H2,1H3. The number of anilines is 2. The van der Waals surface area contributed by atoms with E-state index in [4.69, 9.17) is 11.5 Å². The van der Waals surface area contributed by atoms with Crippen molar-refractivity contribution in [1.29, 1.82) is 0 Å². The third-order valence-electron chi connectivity index (χ3n) is 2.51. The van der Waals surface area contributed by atoms with Gasteiger partial charge in [0.25, 0.3) is 0 Å². The molecule has 0 aliphatic carbocycles. The molecule has 0 fully saturated rings. The van der Waals surface area contributed by atoms with Crippen LogP contribution in [0.25, 0.3) is 0 Å². The Labute approximate surface area is 88.9 Å². The Morgan fingerprint density at radius 3 is 2.93 bits per heavy atom. The maximum absolute atomic E-state index is 11.7. The molecule has 2 rings (SSSR count). The minimum absolute atomic E-state index is 0.0162. The van der Waals surface area contributed by atoms with Gasteiger partial charge >= 0.3 is 0 Å². The van der Waals surface area contributed by atoms with Gasteiger partial charge in [0.15, 0.2) is 0 Å². The lowest BCUT2D eigenvalue weighted by Crippen LogP contribution is -2.37. The van der Waals surface area contributed by atoms with Crippen LogP contribution in [-0.4, -0.2) is 18.5 Å². The van der Waals surface area contributed by atoms with Crippen molar-refractivity contribution in [3.63, 3.8) is 0 Å². The molecule has 1 amide bonds. The summed E-state index contributed by atoms with van der Waals surface area (Å²) in [6, 6.07) is 5.54. The van der Waals surface area contributed by atoms with Crippen LogP contribution in [0.2, 0.25) is 0 Å². The molecule has 4 N–H and O–H groups in total. The second-order valence-corrected chi connectivity index (χ2v) is 4.05. The Bertz CT molecular complexity index is 401. The molecule has 0 spiro atoms. The van der Waals surface area contributed by atoms with Crippen LogP contribution in [0.3, 0.4) is 0 Å². The number of nitrogens with zero attached hydrogens (tertiary/aromatic N) is 1. The molecule has 1 aromatic rings. The monoisotopic (exact) mass is 205 g/mol. The number of fused-ring (bicyclic) bond motifs is 1. The molecule has 0 radical (unpaired) electrons. The normalized spacial score (nSPS) is 16.7. The maximum atomic E-state index is 11.7. The van der Waals surface area contributed by atoms with Gasteiger partial charge in [0.05, 0.1) is 6.42 Å². The van der Waals surface area contributed by atoms with Crippen LogP contribution >= 0.6 is 0 Å². The predicted octanol–water partition coefficient (Wildman–Crippen LogP) is 0.505. The van der Waals surface area contributed by atoms with E-state index in [0.717, 1.165) is 11.3 Å². The van der Waals surface area contributed by atoms with Gasteiger partial charge in [-0.05, 0) is 30.7 Å². The smallest absolute Gasteiger partial charge is 0.231 e. The van der Waals surface area contributed by atoms with Crippen LogP contribution < -0.4 is 16.4 Å². The molecule has 0 saturated heterocycles. The molecule has 0 bridgehead atoms. The van der Waals surface area contributed by atoms with Crippen LogP contribution in [0.1, 0.15) is 12.5 Å². The van der Waals surface area contributed by atoms with Crippen molar-refractivity contribution in [1.82, 2.24) is 0 Å². The number of nitrogen functional groups attached to an aromatic ring is 1. The maximum Gasteiger partial charge on any atom is 0.231 e. The first-order valence-corrected chi connectivity index (χ1v) is 5.02. The molecule has 0 aromatic heterocycles. The third-order valence-corrected chi connectivity index (χ3v) is 2.51. The Morgan fingerprint density at radius 2 is 2.27 bits per heavy atom. The third kappa shape index (κ3) is 1.80. The molecule has 1 unspecified atom stereocenters. The summed E-state index contributed by atoms with van der Waals surface area (Å²) >= 11 is 0. The lowest BCUT2D eigenvalue weighted by Gasteiger charge is -2.19. The molecule has 1 heterocycles. The first-order chi connectivity index (χ1) is 7.08. The van der Waals surface area contributed by atoms with Crippen molar-refractivity contribution in [3.05, 3.63) is 23.8 Å². The zero-order valence-electron chi connectivity index (χ0n) is 8.73. The van der Waals surface area contributed by atoms with Gasteiger partial charge in [-0.15, -0.1) is 0 Å². The molecule has 1 aliphatic rings. The predicted molar refractivity (Wildman–Crippen MR) is 60.6 cm³/mol. The van der Waals surface area contributed by atoms with Gasteiger partial charge < -0.3 is 16.4 Å². The zero-order chi connectivity index (χ0) is 11.0. The Kier molecular flexibility index (Phi) is 2.36. The van der Waals surface area contributed by atoms with Crippen molar-refractivity contribution < 1.29 is 4.79 Å². The van der Waals surface area contributed by atoms with E-state index in [1.807, 2.05) is 25.1 Å². The van der Waals surface area contributed by atoms with Crippen LogP contribution in [0.5, 0.6) is 0 Å². The van der Waals surface area contributed by atoms with Crippen molar-refractivity contribution in [2.24, 2.45) is 5.73 Å². The Balaban J connectivity index is 2.33. The van der Waals surface area contributed by atoms with Gasteiger partial charge in [-0.25, -0.2) is 0 Å². The highest BCUT2D eigenvalue weighted by Gasteiger charge is 2.27. The summed E-state index contributed by atoms with van der Waals surface area (Å²) in [7, 11) is 0. The lowest BCUT2D eigenvalue weighted by atomic mass is 10.1. The van der Waals surface area contributed by atoms with Crippen molar-refractivity contribution in [3.8, 4) is 0 Å². The van der Waals surface area contributed by atoms with Crippen molar-refractivity contribution >= 4 is 17.3 Å². The minimum Gasteiger partial charge on any atom is -0.399 e. The fraction of sp³-hybridized carbons (Fsp3) is 0.364. The molecule has 1 atom stereocenters. The van der Waals surface area contributed by atoms with Crippen LogP contribution in [-0.2, 0) is 11.2 Å². The number of carbonyl (C=O) groups is 1. The van der Waals surface area contributed by atoms with Gasteiger partial charge in [-0.2, -0.15) is 0 Å². The molecule has 4 nitrogen and oxygen atoms in total. The van der Waals surface area contributed by atoms with E-state index in [9.17, 15) is 4.79 Å². The number of carbonyl (C=O) groups excluding carboxylic acids is 1. The average molecular weight is 205 g/mol. The van der Waals surface area contributed by atoms with E-state index in [-0.39, 0.29) is 11.9 Å². The van der Waals surface area contributed by atoms with Crippen molar-refractivity contribution in [2.75, 3.05) is 17.2 Å². The van der Waals surface area contributed by atoms with Crippen LogP contribution in [0.15, 0.2) is 18.2 Å². The van der Waals surface area contributed by atoms with E-state index >= 15 is 0 Å². The summed E-state index contributed by atoms with van der Waals surface area (Å²) in [5, 5.41) is 0. The molecule has 4 heteroatoms. The second kappa shape index (κ2) is 3.55. The molecular formula is C11H15N3O. The van der Waals surface area contributed by atoms with E-state index in [2.05, 4.69) is 0 Å². The quantitative estimate of drug-likeness (QED) is 0.691. The van der Waals surface area contributed by atoms with E-state index in [1.165, 1.54) is 0 Å². The molecule has 80 valence electrons. The largest absolute Gasteiger partial charge is 0.399 e. The number of benzene rings is 1. The number of hydrogen-bond donors (Lipinski definition) is 2.